The van der Waals surface area contributed by atoms with Crippen LogP contribution >= 0.6 is 0 Å². The zero-order chi connectivity index (χ0) is 17.2. The first-order chi connectivity index (χ1) is 11.5. The normalized spacial score (nSPS) is 21.7. The lowest BCUT2D eigenvalue weighted by Gasteiger charge is -2.32. The number of esters is 1. The third kappa shape index (κ3) is 3.27. The molecular formula is C18H21NO5. The van der Waals surface area contributed by atoms with Crippen molar-refractivity contribution in [3.63, 3.8) is 0 Å². The van der Waals surface area contributed by atoms with Crippen LogP contribution in [0, 0.1) is 5.92 Å². The fourth-order valence-electron chi connectivity index (χ4n) is 3.83. The molecule has 128 valence electrons. The van der Waals surface area contributed by atoms with E-state index in [0.29, 0.717) is 12.8 Å². The van der Waals surface area contributed by atoms with E-state index in [0.717, 1.165) is 18.4 Å². The van der Waals surface area contributed by atoms with Gasteiger partial charge in [0.1, 0.15) is 12.1 Å². The SMILES string of the molecule is O=C(O)CN(Cc1ccccc1)C(=O)C1CC(=O)OC12CCCC2. The van der Waals surface area contributed by atoms with Crippen molar-refractivity contribution in [1.29, 1.82) is 0 Å². The lowest BCUT2D eigenvalue weighted by atomic mass is 9.84. The van der Waals surface area contributed by atoms with E-state index in [1.54, 1.807) is 0 Å². The number of ether oxygens (including phenoxy) is 1. The number of hydrogen-bond donors (Lipinski definition) is 1. The molecule has 1 spiro atoms. The maximum Gasteiger partial charge on any atom is 0.323 e. The van der Waals surface area contributed by atoms with Crippen molar-refractivity contribution in [2.75, 3.05) is 6.54 Å². The predicted octanol–water partition coefficient (Wildman–Crippen LogP) is 1.98. The largest absolute Gasteiger partial charge is 0.480 e. The zero-order valence-corrected chi connectivity index (χ0v) is 13.4. The van der Waals surface area contributed by atoms with Gasteiger partial charge in [-0.05, 0) is 31.2 Å². The highest BCUT2D eigenvalue weighted by atomic mass is 16.6. The highest BCUT2D eigenvalue weighted by Crippen LogP contribution is 2.46. The van der Waals surface area contributed by atoms with Crippen molar-refractivity contribution in [3.8, 4) is 0 Å². The Bertz CT molecular complexity index is 636. The summed E-state index contributed by atoms with van der Waals surface area (Å²) in [5.41, 5.74) is 0.138. The summed E-state index contributed by atoms with van der Waals surface area (Å²) in [7, 11) is 0. The number of rotatable bonds is 5. The fourth-order valence-corrected chi connectivity index (χ4v) is 3.83. The molecule has 0 aromatic heterocycles. The number of carboxylic acid groups (broad SMARTS) is 1. The summed E-state index contributed by atoms with van der Waals surface area (Å²) in [6, 6.07) is 9.26. The second-order valence-corrected chi connectivity index (χ2v) is 6.58. The molecule has 1 saturated carbocycles. The van der Waals surface area contributed by atoms with Gasteiger partial charge in [-0.2, -0.15) is 0 Å². The molecule has 2 aliphatic rings. The summed E-state index contributed by atoms with van der Waals surface area (Å²) in [6.07, 6.45) is 3.26. The van der Waals surface area contributed by atoms with Gasteiger partial charge in [0.15, 0.2) is 0 Å². The maximum absolute atomic E-state index is 13.0. The van der Waals surface area contributed by atoms with Crippen LogP contribution in [0.1, 0.15) is 37.7 Å². The van der Waals surface area contributed by atoms with Crippen LogP contribution in [0.5, 0.6) is 0 Å². The molecule has 1 amide bonds. The lowest BCUT2D eigenvalue weighted by molar-refractivity contribution is -0.154. The highest BCUT2D eigenvalue weighted by molar-refractivity contribution is 5.89. The number of carboxylic acids is 1. The van der Waals surface area contributed by atoms with Gasteiger partial charge in [0.2, 0.25) is 5.91 Å². The number of amides is 1. The summed E-state index contributed by atoms with van der Waals surface area (Å²) in [5, 5.41) is 9.17. The quantitative estimate of drug-likeness (QED) is 0.834. The Balaban J connectivity index is 1.82. The van der Waals surface area contributed by atoms with Crippen LogP contribution in [0.2, 0.25) is 0 Å². The van der Waals surface area contributed by atoms with Crippen LogP contribution in [-0.4, -0.2) is 40.0 Å². The Labute approximate surface area is 140 Å². The summed E-state index contributed by atoms with van der Waals surface area (Å²) in [6.45, 7) is -0.165. The standard InChI is InChI=1S/C18H21NO5/c20-15(21)12-19(11-13-6-2-1-3-7-13)17(23)14-10-16(22)24-18(14)8-4-5-9-18/h1-3,6-7,14H,4-5,8-12H2,(H,20,21). The van der Waals surface area contributed by atoms with Gasteiger partial charge in [-0.3, -0.25) is 14.4 Å². The monoisotopic (exact) mass is 331 g/mol. The number of nitrogens with zero attached hydrogens (tertiary/aromatic N) is 1. The molecule has 24 heavy (non-hydrogen) atoms. The zero-order valence-electron chi connectivity index (χ0n) is 13.4. The molecule has 1 aliphatic heterocycles. The van der Waals surface area contributed by atoms with Gasteiger partial charge in [-0.1, -0.05) is 30.3 Å². The van der Waals surface area contributed by atoms with E-state index in [1.807, 2.05) is 30.3 Å². The fraction of sp³-hybridized carbons (Fsp3) is 0.500. The molecule has 6 nitrogen and oxygen atoms in total. The molecule has 1 aromatic rings. The van der Waals surface area contributed by atoms with Crippen LogP contribution in [0.3, 0.4) is 0 Å². The molecule has 1 atom stereocenters. The molecule has 1 saturated heterocycles. The number of carbonyl (C=O) groups excluding carboxylic acids is 2. The average Bonchev–Trinajstić information content (AvgIpc) is 3.14. The van der Waals surface area contributed by atoms with Gasteiger partial charge >= 0.3 is 11.9 Å². The first-order valence-electron chi connectivity index (χ1n) is 8.26. The van der Waals surface area contributed by atoms with Crippen molar-refractivity contribution in [2.24, 2.45) is 5.92 Å². The molecule has 1 unspecified atom stereocenters. The molecule has 0 radical (unpaired) electrons. The van der Waals surface area contributed by atoms with Crippen LogP contribution in [0.25, 0.3) is 0 Å². The molecule has 0 bridgehead atoms. The molecule has 2 fully saturated rings. The number of carbonyl (C=O) groups is 3. The number of hydrogen-bond acceptors (Lipinski definition) is 4. The molecule has 1 aliphatic carbocycles. The lowest BCUT2D eigenvalue weighted by Crippen LogP contribution is -2.46. The Morgan fingerprint density at radius 2 is 1.88 bits per heavy atom. The molecular weight excluding hydrogens is 310 g/mol. The van der Waals surface area contributed by atoms with Gasteiger partial charge in [-0.25, -0.2) is 0 Å². The van der Waals surface area contributed by atoms with Crippen LogP contribution in [0.15, 0.2) is 30.3 Å². The highest BCUT2D eigenvalue weighted by Gasteiger charge is 2.54. The van der Waals surface area contributed by atoms with Gasteiger partial charge in [0.05, 0.1) is 12.3 Å². The van der Waals surface area contributed by atoms with Crippen LogP contribution in [0.4, 0.5) is 0 Å². The smallest absolute Gasteiger partial charge is 0.323 e. The molecule has 1 N–H and O–H groups in total. The number of aliphatic carboxylic acids is 1. The Morgan fingerprint density at radius 1 is 1.21 bits per heavy atom. The Kier molecular flexibility index (Phi) is 4.55. The van der Waals surface area contributed by atoms with Crippen LogP contribution < -0.4 is 0 Å². The molecule has 1 aromatic carbocycles. The van der Waals surface area contributed by atoms with Crippen molar-refractivity contribution in [2.45, 2.75) is 44.2 Å². The van der Waals surface area contributed by atoms with Crippen molar-refractivity contribution < 1.29 is 24.2 Å². The van der Waals surface area contributed by atoms with E-state index in [9.17, 15) is 19.5 Å². The summed E-state index contributed by atoms with van der Waals surface area (Å²) >= 11 is 0. The van der Waals surface area contributed by atoms with Crippen molar-refractivity contribution in [1.82, 2.24) is 4.90 Å². The van der Waals surface area contributed by atoms with Gasteiger partial charge in [0, 0.05) is 6.54 Å². The van der Waals surface area contributed by atoms with Crippen molar-refractivity contribution in [3.05, 3.63) is 35.9 Å². The van der Waals surface area contributed by atoms with E-state index >= 15 is 0 Å². The minimum absolute atomic E-state index is 0.0454. The van der Waals surface area contributed by atoms with Gasteiger partial charge in [0.25, 0.3) is 0 Å². The second-order valence-electron chi connectivity index (χ2n) is 6.58. The summed E-state index contributed by atoms with van der Waals surface area (Å²) in [5.74, 6) is -2.29. The van der Waals surface area contributed by atoms with E-state index in [4.69, 9.17) is 4.74 Å². The predicted molar refractivity (Wildman–Crippen MR) is 84.9 cm³/mol. The topological polar surface area (TPSA) is 83.9 Å². The van der Waals surface area contributed by atoms with Gasteiger partial charge in [-0.15, -0.1) is 0 Å². The minimum atomic E-state index is -1.06. The number of benzene rings is 1. The second kappa shape index (κ2) is 6.63. The van der Waals surface area contributed by atoms with Gasteiger partial charge < -0.3 is 14.7 Å². The van der Waals surface area contributed by atoms with E-state index in [-0.39, 0.29) is 31.4 Å². The van der Waals surface area contributed by atoms with E-state index < -0.39 is 17.5 Å². The van der Waals surface area contributed by atoms with E-state index in [2.05, 4.69) is 0 Å². The average molecular weight is 331 g/mol. The van der Waals surface area contributed by atoms with Crippen LogP contribution in [-0.2, 0) is 25.7 Å². The van der Waals surface area contributed by atoms with Crippen molar-refractivity contribution >= 4 is 17.8 Å². The Morgan fingerprint density at radius 3 is 2.50 bits per heavy atom. The Hall–Kier alpha value is -2.37. The molecule has 3 rings (SSSR count). The maximum atomic E-state index is 13.0. The summed E-state index contributed by atoms with van der Waals surface area (Å²) < 4.78 is 5.52. The third-order valence-corrected chi connectivity index (χ3v) is 4.93. The molecule has 6 heteroatoms. The summed E-state index contributed by atoms with van der Waals surface area (Å²) in [4.78, 5) is 37.4. The first kappa shape index (κ1) is 16.5. The minimum Gasteiger partial charge on any atom is -0.480 e. The van der Waals surface area contributed by atoms with E-state index in [1.165, 1.54) is 4.90 Å². The third-order valence-electron chi connectivity index (χ3n) is 4.93. The first-order valence-corrected chi connectivity index (χ1v) is 8.26. The molecule has 1 heterocycles.